The number of H-pyrrole nitrogens is 1. The molecule has 2 N–H and O–H groups in total. The molecule has 4 nitrogen and oxygen atoms in total. The van der Waals surface area contributed by atoms with E-state index in [1.54, 1.807) is 24.3 Å². The molecule has 0 saturated heterocycles. The summed E-state index contributed by atoms with van der Waals surface area (Å²) in [5, 5.41) is 9.73. The van der Waals surface area contributed by atoms with Crippen molar-refractivity contribution in [2.24, 2.45) is 0 Å². The number of para-hydroxylation sites is 1. The van der Waals surface area contributed by atoms with Gasteiger partial charge in [0.05, 0.1) is 0 Å². The number of aromatic nitrogens is 1. The van der Waals surface area contributed by atoms with Crippen molar-refractivity contribution in [3.05, 3.63) is 34.8 Å². The molecule has 0 aliphatic rings. The number of rotatable bonds is 0. The maximum Gasteiger partial charge on any atom is 0.603 e. The van der Waals surface area contributed by atoms with Crippen LogP contribution in [0.5, 0.6) is 5.88 Å². The van der Waals surface area contributed by atoms with Gasteiger partial charge in [-0.1, -0.05) is 12.1 Å². The van der Waals surface area contributed by atoms with E-state index in [4.69, 9.17) is 4.42 Å². The third-order valence-electron chi connectivity index (χ3n) is 1.57. The van der Waals surface area contributed by atoms with Crippen LogP contribution in [0.25, 0.3) is 11.0 Å². The molecule has 2 rings (SSSR count). The molecule has 2 aromatic rings. The molecule has 0 spiro atoms. The molecule has 1 aromatic heterocycles. The van der Waals surface area contributed by atoms with Crippen LogP contribution in [0.1, 0.15) is 0 Å². The maximum absolute atomic E-state index is 10.7. The summed E-state index contributed by atoms with van der Waals surface area (Å²) >= 11 is 0. The summed E-state index contributed by atoms with van der Waals surface area (Å²) in [6.45, 7) is 0. The molecule has 1 aromatic carbocycles. The first kappa shape index (κ1) is 6.84. The summed E-state index contributed by atoms with van der Waals surface area (Å²) in [5.74, 6) is -0.826. The van der Waals surface area contributed by atoms with Gasteiger partial charge in [-0.3, -0.25) is 0 Å². The maximum atomic E-state index is 10.7. The van der Waals surface area contributed by atoms with E-state index in [2.05, 4.69) is 4.98 Å². The second kappa shape index (κ2) is 2.34. The standard InChI is InChI=1S/C8H5NO3/c10-7-5-3-1-2-4-6(5)12-8(11)9-7/h1-4H,(H,9,10,11)/p+1. The molecule has 0 amide bonds. The lowest BCUT2D eigenvalue weighted by Gasteiger charge is -1.90. The summed E-state index contributed by atoms with van der Waals surface area (Å²) in [4.78, 5) is 12.9. The summed E-state index contributed by atoms with van der Waals surface area (Å²) in [6.07, 6.45) is 0. The second-order valence-electron chi connectivity index (χ2n) is 2.36. The van der Waals surface area contributed by atoms with Crippen LogP contribution in [0.15, 0.2) is 33.5 Å². The van der Waals surface area contributed by atoms with E-state index in [1.807, 2.05) is 0 Å². The minimum atomic E-state index is -0.661. The van der Waals surface area contributed by atoms with Crippen molar-refractivity contribution < 1.29 is 14.5 Å². The predicted molar refractivity (Wildman–Crippen MR) is 40.7 cm³/mol. The zero-order valence-corrected chi connectivity index (χ0v) is 6.07. The molecule has 4 heteroatoms. The van der Waals surface area contributed by atoms with Crippen LogP contribution in [0.3, 0.4) is 0 Å². The Balaban J connectivity index is 2.99. The van der Waals surface area contributed by atoms with Gasteiger partial charge in [0.1, 0.15) is 5.39 Å². The average molecular weight is 164 g/mol. The second-order valence-corrected chi connectivity index (χ2v) is 2.36. The SMILES string of the molecule is O=c1[nH+]c(O)c2ccccc2o1. The molecule has 0 aliphatic carbocycles. The van der Waals surface area contributed by atoms with Gasteiger partial charge in [0.25, 0.3) is 0 Å². The Labute approximate surface area is 67.1 Å². The highest BCUT2D eigenvalue weighted by Crippen LogP contribution is 2.16. The van der Waals surface area contributed by atoms with Gasteiger partial charge in [-0.05, 0) is 12.1 Å². The van der Waals surface area contributed by atoms with Crippen LogP contribution in [0.2, 0.25) is 0 Å². The largest absolute Gasteiger partial charge is 0.603 e. The molecule has 1 heterocycles. The number of aromatic amines is 1. The predicted octanol–water partition coefficient (Wildman–Crippen LogP) is 0.313. The van der Waals surface area contributed by atoms with Crippen molar-refractivity contribution in [3.8, 4) is 5.88 Å². The highest BCUT2D eigenvalue weighted by molar-refractivity contribution is 5.79. The highest BCUT2D eigenvalue weighted by Gasteiger charge is 2.09. The smallest absolute Gasteiger partial charge is 0.459 e. The van der Waals surface area contributed by atoms with Crippen LogP contribution >= 0.6 is 0 Å². The van der Waals surface area contributed by atoms with Crippen molar-refractivity contribution in [3.63, 3.8) is 0 Å². The van der Waals surface area contributed by atoms with Crippen LogP contribution < -0.4 is 10.7 Å². The quantitative estimate of drug-likeness (QED) is 0.609. The Morgan fingerprint density at radius 2 is 2.08 bits per heavy atom. The van der Waals surface area contributed by atoms with Gasteiger partial charge >= 0.3 is 11.6 Å². The van der Waals surface area contributed by atoms with Crippen molar-refractivity contribution >= 4 is 11.0 Å². The third-order valence-corrected chi connectivity index (χ3v) is 1.57. The highest BCUT2D eigenvalue weighted by atomic mass is 16.4. The lowest BCUT2D eigenvalue weighted by atomic mass is 10.2. The summed E-state index contributed by atoms with van der Waals surface area (Å²) in [7, 11) is 0. The molecule has 0 radical (unpaired) electrons. The molecule has 0 saturated carbocycles. The van der Waals surface area contributed by atoms with E-state index in [0.717, 1.165) is 0 Å². The number of aromatic hydroxyl groups is 1. The van der Waals surface area contributed by atoms with Gasteiger partial charge in [0.15, 0.2) is 5.58 Å². The Morgan fingerprint density at radius 1 is 1.33 bits per heavy atom. The molecule has 12 heavy (non-hydrogen) atoms. The molecule has 0 atom stereocenters. The van der Waals surface area contributed by atoms with Crippen molar-refractivity contribution in [2.45, 2.75) is 0 Å². The molecule has 0 fully saturated rings. The fourth-order valence-electron chi connectivity index (χ4n) is 1.04. The van der Waals surface area contributed by atoms with Crippen molar-refractivity contribution in [1.29, 1.82) is 0 Å². The summed E-state index contributed by atoms with van der Waals surface area (Å²) in [6, 6.07) is 6.75. The van der Waals surface area contributed by atoms with Crippen LogP contribution in [0.4, 0.5) is 0 Å². The topological polar surface area (TPSA) is 64.6 Å². The Kier molecular flexibility index (Phi) is 1.33. The van der Waals surface area contributed by atoms with Crippen molar-refractivity contribution in [2.75, 3.05) is 0 Å². The normalized spacial score (nSPS) is 10.3. The van der Waals surface area contributed by atoms with Gasteiger partial charge in [0.2, 0.25) is 0 Å². The molecule has 0 aliphatic heterocycles. The number of nitrogens with one attached hydrogen (secondary N) is 1. The van der Waals surface area contributed by atoms with Gasteiger partial charge < -0.3 is 9.52 Å². The molecule has 0 bridgehead atoms. The molecule has 60 valence electrons. The van der Waals surface area contributed by atoms with Crippen LogP contribution in [-0.2, 0) is 0 Å². The van der Waals surface area contributed by atoms with Crippen LogP contribution in [0, 0.1) is 0 Å². The minimum absolute atomic E-state index is 0.165. The number of fused-ring (bicyclic) bond motifs is 1. The first-order chi connectivity index (χ1) is 5.77. The third kappa shape index (κ3) is 0.934. The first-order valence-corrected chi connectivity index (χ1v) is 3.41. The lowest BCUT2D eigenvalue weighted by Crippen LogP contribution is -2.25. The van der Waals surface area contributed by atoms with Crippen LogP contribution in [-0.4, -0.2) is 5.11 Å². The molecular weight excluding hydrogens is 158 g/mol. The monoisotopic (exact) mass is 164 g/mol. The lowest BCUT2D eigenvalue weighted by molar-refractivity contribution is -0.429. The van der Waals surface area contributed by atoms with E-state index in [-0.39, 0.29) is 5.88 Å². The summed E-state index contributed by atoms with van der Waals surface area (Å²) < 4.78 is 4.77. The Morgan fingerprint density at radius 3 is 2.92 bits per heavy atom. The van der Waals surface area contributed by atoms with E-state index in [0.29, 0.717) is 11.0 Å². The van der Waals surface area contributed by atoms with Gasteiger partial charge in [0, 0.05) is 0 Å². The van der Waals surface area contributed by atoms with Crippen molar-refractivity contribution in [1.82, 2.24) is 0 Å². The van der Waals surface area contributed by atoms with E-state index < -0.39 is 5.76 Å². The molecular formula is C8H6NO3+. The molecule has 0 unspecified atom stereocenters. The van der Waals surface area contributed by atoms with E-state index >= 15 is 0 Å². The van der Waals surface area contributed by atoms with E-state index in [1.165, 1.54) is 0 Å². The van der Waals surface area contributed by atoms with E-state index in [9.17, 15) is 9.90 Å². The van der Waals surface area contributed by atoms with Gasteiger partial charge in [-0.15, -0.1) is 4.98 Å². The zero-order chi connectivity index (χ0) is 8.55. The summed E-state index contributed by atoms with van der Waals surface area (Å²) in [5.41, 5.74) is 0.374. The average Bonchev–Trinajstić information content (AvgIpc) is 2.04. The van der Waals surface area contributed by atoms with Gasteiger partial charge in [-0.2, -0.15) is 4.79 Å². The fraction of sp³-hybridized carbons (Fsp3) is 0. The number of hydrogen-bond acceptors (Lipinski definition) is 3. The Bertz CT molecular complexity index is 475. The fourth-order valence-corrected chi connectivity index (χ4v) is 1.04. The first-order valence-electron chi connectivity index (χ1n) is 3.41. The minimum Gasteiger partial charge on any atom is -0.459 e. The van der Waals surface area contributed by atoms with Gasteiger partial charge in [-0.25, -0.2) is 0 Å². The number of hydrogen-bond donors (Lipinski definition) is 1. The Hall–Kier alpha value is -1.84. The zero-order valence-electron chi connectivity index (χ0n) is 6.07. The number of benzene rings is 1.